The van der Waals surface area contributed by atoms with Crippen LogP contribution in [0.15, 0.2) is 29.3 Å². The quantitative estimate of drug-likeness (QED) is 0.805. The summed E-state index contributed by atoms with van der Waals surface area (Å²) < 4.78 is 0. The monoisotopic (exact) mass is 295 g/mol. The van der Waals surface area contributed by atoms with Gasteiger partial charge in [0.15, 0.2) is 0 Å². The van der Waals surface area contributed by atoms with E-state index in [0.717, 1.165) is 29.0 Å². The van der Waals surface area contributed by atoms with Crippen molar-refractivity contribution in [3.8, 4) is 6.07 Å². The number of aryl methyl sites for hydroxylation is 1. The average molecular weight is 295 g/mol. The molecular formula is C17H17N3S. The molecule has 0 N–H and O–H groups in total. The normalized spacial score (nSPS) is 13.4. The zero-order chi connectivity index (χ0) is 14.8. The minimum Gasteiger partial charge on any atom is -0.378 e. The molecule has 1 heterocycles. The Hall–Kier alpha value is -2.12. The van der Waals surface area contributed by atoms with Gasteiger partial charge >= 0.3 is 0 Å². The molecule has 3 nitrogen and oxygen atoms in total. The lowest BCUT2D eigenvalue weighted by Gasteiger charge is -2.11. The van der Waals surface area contributed by atoms with Crippen LogP contribution in [-0.4, -0.2) is 20.3 Å². The first-order chi connectivity index (χ1) is 10.2. The van der Waals surface area contributed by atoms with Crippen LogP contribution in [0.4, 0.5) is 10.7 Å². The summed E-state index contributed by atoms with van der Waals surface area (Å²) in [5.41, 5.74) is 4.24. The molecule has 106 valence electrons. The molecule has 21 heavy (non-hydrogen) atoms. The second kappa shape index (κ2) is 5.71. The summed E-state index contributed by atoms with van der Waals surface area (Å²) >= 11 is 1.67. The summed E-state index contributed by atoms with van der Waals surface area (Å²) in [6.45, 7) is 0. The fourth-order valence-electron chi connectivity index (χ4n) is 2.59. The minimum atomic E-state index is 0.786. The highest BCUT2D eigenvalue weighted by atomic mass is 32.1. The summed E-state index contributed by atoms with van der Waals surface area (Å²) in [7, 11) is 4.05. The van der Waals surface area contributed by atoms with Gasteiger partial charge in [0.2, 0.25) is 0 Å². The number of hydrogen-bond acceptors (Lipinski definition) is 4. The molecule has 1 aliphatic carbocycles. The number of rotatable bonds is 3. The average Bonchev–Trinajstić information content (AvgIpc) is 3.05. The Morgan fingerprint density at radius 3 is 2.67 bits per heavy atom. The number of hydrogen-bond donors (Lipinski definition) is 0. The van der Waals surface area contributed by atoms with Crippen molar-refractivity contribution in [2.45, 2.75) is 19.3 Å². The number of anilines is 1. The predicted octanol–water partition coefficient (Wildman–Crippen LogP) is 3.93. The molecule has 1 aliphatic rings. The van der Waals surface area contributed by atoms with Crippen LogP contribution in [-0.2, 0) is 12.8 Å². The van der Waals surface area contributed by atoms with E-state index < -0.39 is 0 Å². The molecule has 0 saturated carbocycles. The van der Waals surface area contributed by atoms with E-state index in [0.29, 0.717) is 0 Å². The number of nitriles is 1. The van der Waals surface area contributed by atoms with Crippen LogP contribution >= 0.6 is 11.3 Å². The standard InChI is InChI=1S/C17H17N3S/c1-20(2)13-8-6-12(7-9-13)11-19-17-15(10-18)14-4-3-5-16(14)21-17/h6-9,11H,3-5H2,1-2H3/b19-11+. The number of thiophene rings is 1. The van der Waals surface area contributed by atoms with Crippen LogP contribution in [0.5, 0.6) is 0 Å². The number of nitrogens with zero attached hydrogens (tertiary/aromatic N) is 3. The maximum absolute atomic E-state index is 9.34. The molecule has 0 aliphatic heterocycles. The van der Waals surface area contributed by atoms with Crippen LogP contribution in [0.25, 0.3) is 0 Å². The fraction of sp³-hybridized carbons (Fsp3) is 0.294. The van der Waals surface area contributed by atoms with E-state index in [1.165, 1.54) is 22.5 Å². The van der Waals surface area contributed by atoms with E-state index >= 15 is 0 Å². The van der Waals surface area contributed by atoms with Gasteiger partial charge in [-0.15, -0.1) is 11.3 Å². The van der Waals surface area contributed by atoms with Crippen LogP contribution in [0.1, 0.15) is 28.0 Å². The van der Waals surface area contributed by atoms with Gasteiger partial charge in [-0.2, -0.15) is 5.26 Å². The second-order valence-corrected chi connectivity index (χ2v) is 6.48. The van der Waals surface area contributed by atoms with Crippen molar-refractivity contribution in [1.82, 2.24) is 0 Å². The molecule has 0 saturated heterocycles. The first kappa shape index (κ1) is 13.8. The molecule has 0 bridgehead atoms. The van der Waals surface area contributed by atoms with Gasteiger partial charge < -0.3 is 4.90 Å². The Labute approximate surface area is 129 Å². The second-order valence-electron chi connectivity index (χ2n) is 5.39. The Kier molecular flexibility index (Phi) is 3.76. The van der Waals surface area contributed by atoms with Crippen molar-refractivity contribution in [2.24, 2.45) is 4.99 Å². The molecule has 1 aromatic carbocycles. The van der Waals surface area contributed by atoms with E-state index in [-0.39, 0.29) is 0 Å². The highest BCUT2D eigenvalue weighted by molar-refractivity contribution is 7.16. The summed E-state index contributed by atoms with van der Waals surface area (Å²) in [6.07, 6.45) is 5.15. The van der Waals surface area contributed by atoms with Crippen LogP contribution in [0.3, 0.4) is 0 Å². The van der Waals surface area contributed by atoms with Crippen molar-refractivity contribution >= 4 is 28.2 Å². The van der Waals surface area contributed by atoms with Crippen LogP contribution in [0.2, 0.25) is 0 Å². The number of fused-ring (bicyclic) bond motifs is 1. The third kappa shape index (κ3) is 2.70. The smallest absolute Gasteiger partial charge is 0.134 e. The van der Waals surface area contributed by atoms with Crippen molar-refractivity contribution in [3.05, 3.63) is 45.8 Å². The Morgan fingerprint density at radius 1 is 1.24 bits per heavy atom. The van der Waals surface area contributed by atoms with Gasteiger partial charge in [-0.1, -0.05) is 12.1 Å². The van der Waals surface area contributed by atoms with Crippen LogP contribution in [0, 0.1) is 11.3 Å². The van der Waals surface area contributed by atoms with E-state index in [1.54, 1.807) is 11.3 Å². The highest BCUT2D eigenvalue weighted by Gasteiger charge is 2.21. The molecule has 0 unspecified atom stereocenters. The summed E-state index contributed by atoms with van der Waals surface area (Å²) in [4.78, 5) is 7.96. The predicted molar refractivity (Wildman–Crippen MR) is 89.1 cm³/mol. The lowest BCUT2D eigenvalue weighted by molar-refractivity contribution is 0.913. The van der Waals surface area contributed by atoms with E-state index in [4.69, 9.17) is 0 Å². The van der Waals surface area contributed by atoms with E-state index in [2.05, 4.69) is 28.1 Å². The maximum Gasteiger partial charge on any atom is 0.134 e. The largest absolute Gasteiger partial charge is 0.378 e. The van der Waals surface area contributed by atoms with Crippen LogP contribution < -0.4 is 4.90 Å². The van der Waals surface area contributed by atoms with Gasteiger partial charge in [0.1, 0.15) is 11.1 Å². The summed E-state index contributed by atoms with van der Waals surface area (Å²) in [5, 5.41) is 10.2. The molecule has 2 aromatic rings. The lowest BCUT2D eigenvalue weighted by Crippen LogP contribution is -2.08. The summed E-state index contributed by atoms with van der Waals surface area (Å²) in [6, 6.07) is 10.6. The van der Waals surface area contributed by atoms with Crippen molar-refractivity contribution in [3.63, 3.8) is 0 Å². The SMILES string of the molecule is CN(C)c1ccc(/C=N/c2sc3c(c2C#N)CCC3)cc1. The molecule has 0 atom stereocenters. The first-order valence-electron chi connectivity index (χ1n) is 7.05. The Morgan fingerprint density at radius 2 is 2.00 bits per heavy atom. The van der Waals surface area contributed by atoms with Gasteiger partial charge in [0, 0.05) is 30.9 Å². The van der Waals surface area contributed by atoms with Gasteiger partial charge in [-0.05, 0) is 42.5 Å². The van der Waals surface area contributed by atoms with E-state index in [9.17, 15) is 5.26 Å². The minimum absolute atomic E-state index is 0.786. The number of aliphatic imine (C=N–C) groups is 1. The first-order valence-corrected chi connectivity index (χ1v) is 7.87. The molecule has 0 amide bonds. The zero-order valence-corrected chi connectivity index (χ0v) is 13.1. The van der Waals surface area contributed by atoms with Crippen molar-refractivity contribution < 1.29 is 0 Å². The highest BCUT2D eigenvalue weighted by Crippen LogP contribution is 2.40. The fourth-order valence-corrected chi connectivity index (χ4v) is 3.77. The topological polar surface area (TPSA) is 39.4 Å². The van der Waals surface area contributed by atoms with Gasteiger partial charge in [0.05, 0.1) is 5.56 Å². The van der Waals surface area contributed by atoms with Crippen molar-refractivity contribution in [1.29, 1.82) is 5.26 Å². The van der Waals surface area contributed by atoms with Gasteiger partial charge in [0.25, 0.3) is 0 Å². The molecule has 0 fully saturated rings. The Balaban J connectivity index is 1.85. The molecule has 0 spiro atoms. The molecule has 4 heteroatoms. The molecule has 1 aromatic heterocycles. The molecular weight excluding hydrogens is 278 g/mol. The third-order valence-electron chi connectivity index (χ3n) is 3.75. The zero-order valence-electron chi connectivity index (χ0n) is 12.3. The number of benzene rings is 1. The van der Waals surface area contributed by atoms with Gasteiger partial charge in [-0.3, -0.25) is 0 Å². The van der Waals surface area contributed by atoms with E-state index in [1.807, 2.05) is 32.4 Å². The Bertz CT molecular complexity index is 718. The third-order valence-corrected chi connectivity index (χ3v) is 4.95. The maximum atomic E-state index is 9.34. The summed E-state index contributed by atoms with van der Waals surface area (Å²) in [5.74, 6) is 0. The molecule has 3 rings (SSSR count). The molecule has 0 radical (unpaired) electrons. The lowest BCUT2D eigenvalue weighted by atomic mass is 10.1. The van der Waals surface area contributed by atoms with Gasteiger partial charge in [-0.25, -0.2) is 4.99 Å². The van der Waals surface area contributed by atoms with Crippen molar-refractivity contribution in [2.75, 3.05) is 19.0 Å².